The maximum absolute atomic E-state index is 7.37. The van der Waals surface area contributed by atoms with Gasteiger partial charge in [0.1, 0.15) is 11.7 Å². The normalized spacial score (nSPS) is 10.5. The Labute approximate surface area is 103 Å². The van der Waals surface area contributed by atoms with Gasteiger partial charge in [-0.25, -0.2) is 4.98 Å². The Hall–Kier alpha value is -1.82. The lowest BCUT2D eigenvalue weighted by Crippen LogP contribution is -2.10. The van der Waals surface area contributed by atoms with Gasteiger partial charge >= 0.3 is 0 Å². The molecule has 17 heavy (non-hydrogen) atoms. The zero-order chi connectivity index (χ0) is 12.4. The molecule has 0 aliphatic heterocycles. The number of amidine groups is 1. The van der Waals surface area contributed by atoms with Crippen LogP contribution in [0.1, 0.15) is 17.0 Å². The molecule has 0 bridgehead atoms. The fourth-order valence-electron chi connectivity index (χ4n) is 1.40. The number of aromatic nitrogens is 3. The highest BCUT2D eigenvalue weighted by Crippen LogP contribution is 2.28. The van der Waals surface area contributed by atoms with Crippen LogP contribution < -0.4 is 5.73 Å². The fraction of sp³-hybridized carbons (Fsp3) is 0.182. The van der Waals surface area contributed by atoms with Gasteiger partial charge in [-0.1, -0.05) is 6.07 Å². The first-order valence-corrected chi connectivity index (χ1v) is 5.90. The van der Waals surface area contributed by atoms with E-state index in [-0.39, 0.29) is 5.84 Å². The molecule has 0 aliphatic rings. The van der Waals surface area contributed by atoms with Gasteiger partial charge in [0.25, 0.3) is 0 Å². The van der Waals surface area contributed by atoms with Gasteiger partial charge in [0, 0.05) is 10.5 Å². The van der Waals surface area contributed by atoms with Crippen LogP contribution in [0, 0.1) is 19.3 Å². The molecule has 0 radical (unpaired) electrons. The monoisotopic (exact) mass is 247 g/mol. The van der Waals surface area contributed by atoms with Crippen molar-refractivity contribution in [1.82, 2.24) is 15.2 Å². The minimum Gasteiger partial charge on any atom is -0.384 e. The van der Waals surface area contributed by atoms with Gasteiger partial charge in [0.2, 0.25) is 5.16 Å². The number of nitrogens with one attached hydrogen (secondary N) is 2. The smallest absolute Gasteiger partial charge is 0.213 e. The van der Waals surface area contributed by atoms with Crippen molar-refractivity contribution in [1.29, 1.82) is 5.41 Å². The molecule has 0 aliphatic carbocycles. The van der Waals surface area contributed by atoms with Gasteiger partial charge in [-0.05, 0) is 43.3 Å². The van der Waals surface area contributed by atoms with Gasteiger partial charge in [-0.2, -0.15) is 0 Å². The highest BCUT2D eigenvalue weighted by atomic mass is 32.2. The maximum atomic E-state index is 7.37. The number of nitrogens with two attached hydrogens (primary N) is 1. The Morgan fingerprint density at radius 3 is 2.71 bits per heavy atom. The Bertz CT molecular complexity index is 561. The number of nitrogens with zero attached hydrogens (tertiary/aromatic N) is 2. The van der Waals surface area contributed by atoms with Crippen molar-refractivity contribution >= 4 is 17.6 Å². The minimum absolute atomic E-state index is 0.0818. The zero-order valence-corrected chi connectivity index (χ0v) is 10.4. The molecule has 1 aromatic carbocycles. The third-order valence-corrected chi connectivity index (χ3v) is 3.31. The largest absolute Gasteiger partial charge is 0.384 e. The Morgan fingerprint density at radius 2 is 2.18 bits per heavy atom. The van der Waals surface area contributed by atoms with E-state index in [1.54, 1.807) is 0 Å². The molecular weight excluding hydrogens is 234 g/mol. The molecule has 0 fully saturated rings. The molecule has 5 nitrogen and oxygen atoms in total. The molecule has 0 saturated carbocycles. The number of hydrogen-bond donors (Lipinski definition) is 3. The topological polar surface area (TPSA) is 91.4 Å². The van der Waals surface area contributed by atoms with E-state index in [2.05, 4.69) is 15.2 Å². The summed E-state index contributed by atoms with van der Waals surface area (Å²) >= 11 is 1.49. The third kappa shape index (κ3) is 2.65. The first-order chi connectivity index (χ1) is 8.06. The van der Waals surface area contributed by atoms with E-state index in [1.165, 1.54) is 11.8 Å². The molecule has 0 unspecified atom stereocenters. The number of H-pyrrole nitrogens is 1. The van der Waals surface area contributed by atoms with Crippen LogP contribution in [0.3, 0.4) is 0 Å². The predicted octanol–water partition coefficient (Wildman–Crippen LogP) is 1.86. The van der Waals surface area contributed by atoms with E-state index in [9.17, 15) is 0 Å². The summed E-state index contributed by atoms with van der Waals surface area (Å²) in [5.74, 6) is 0.879. The highest BCUT2D eigenvalue weighted by molar-refractivity contribution is 7.99. The van der Waals surface area contributed by atoms with Crippen molar-refractivity contribution in [3.05, 3.63) is 35.2 Å². The standard InChI is InChI=1S/C11H13N5S/c1-6-5-8(10(12)13)3-4-9(6)17-11-14-7(2)15-16-11/h3-5H,1-2H3,(H3,12,13)(H,14,15,16). The van der Waals surface area contributed by atoms with Gasteiger partial charge in [-0.15, -0.1) is 5.10 Å². The van der Waals surface area contributed by atoms with Gasteiger partial charge in [-0.3, -0.25) is 10.5 Å². The Morgan fingerprint density at radius 1 is 1.41 bits per heavy atom. The van der Waals surface area contributed by atoms with E-state index in [4.69, 9.17) is 11.1 Å². The van der Waals surface area contributed by atoms with Crippen LogP contribution in [-0.2, 0) is 0 Å². The minimum atomic E-state index is 0.0818. The number of rotatable bonds is 3. The molecule has 0 spiro atoms. The number of benzene rings is 1. The lowest BCUT2D eigenvalue weighted by Gasteiger charge is -2.05. The molecule has 2 aromatic rings. The van der Waals surface area contributed by atoms with Crippen LogP contribution in [-0.4, -0.2) is 21.0 Å². The summed E-state index contributed by atoms with van der Waals surface area (Å²) in [5.41, 5.74) is 7.23. The molecule has 0 amide bonds. The summed E-state index contributed by atoms with van der Waals surface area (Å²) in [6.07, 6.45) is 0. The molecule has 88 valence electrons. The van der Waals surface area contributed by atoms with Gasteiger partial charge in [0.05, 0.1) is 0 Å². The summed E-state index contributed by atoms with van der Waals surface area (Å²) in [6, 6.07) is 5.66. The second-order valence-corrected chi connectivity index (χ2v) is 4.71. The molecule has 2 rings (SSSR count). The molecular formula is C11H13N5S. The Balaban J connectivity index is 2.25. The van der Waals surface area contributed by atoms with Crippen LogP contribution >= 0.6 is 11.8 Å². The van der Waals surface area contributed by atoms with E-state index in [1.807, 2.05) is 32.0 Å². The van der Waals surface area contributed by atoms with Crippen molar-refractivity contribution in [2.24, 2.45) is 5.73 Å². The first-order valence-electron chi connectivity index (χ1n) is 5.08. The average molecular weight is 247 g/mol. The predicted molar refractivity (Wildman–Crippen MR) is 67.4 cm³/mol. The maximum Gasteiger partial charge on any atom is 0.213 e. The second kappa shape index (κ2) is 4.58. The highest BCUT2D eigenvalue weighted by Gasteiger charge is 2.07. The van der Waals surface area contributed by atoms with Crippen molar-refractivity contribution in [3.63, 3.8) is 0 Å². The number of nitrogen functional groups attached to an aromatic ring is 1. The second-order valence-electron chi connectivity index (χ2n) is 3.70. The van der Waals surface area contributed by atoms with Crippen molar-refractivity contribution < 1.29 is 0 Å². The fourth-order valence-corrected chi connectivity index (χ4v) is 2.22. The lowest BCUT2D eigenvalue weighted by molar-refractivity contribution is 0.968. The van der Waals surface area contributed by atoms with Crippen LogP contribution in [0.25, 0.3) is 0 Å². The molecule has 6 heteroatoms. The first kappa shape index (κ1) is 11.7. The molecule has 1 aromatic heterocycles. The summed E-state index contributed by atoms with van der Waals surface area (Å²) in [6.45, 7) is 3.84. The summed E-state index contributed by atoms with van der Waals surface area (Å²) < 4.78 is 0. The third-order valence-electron chi connectivity index (χ3n) is 2.26. The molecule has 4 N–H and O–H groups in total. The lowest BCUT2D eigenvalue weighted by atomic mass is 10.1. The summed E-state index contributed by atoms with van der Waals surface area (Å²) in [4.78, 5) is 5.30. The van der Waals surface area contributed by atoms with Gasteiger partial charge < -0.3 is 5.73 Å². The zero-order valence-electron chi connectivity index (χ0n) is 9.61. The molecule has 1 heterocycles. The van der Waals surface area contributed by atoms with Crippen LogP contribution in [0.2, 0.25) is 0 Å². The quantitative estimate of drug-likeness (QED) is 0.570. The number of hydrogen-bond acceptors (Lipinski definition) is 4. The van der Waals surface area contributed by atoms with Crippen molar-refractivity contribution in [2.45, 2.75) is 23.9 Å². The van der Waals surface area contributed by atoms with E-state index >= 15 is 0 Å². The number of aryl methyl sites for hydroxylation is 2. The van der Waals surface area contributed by atoms with Gasteiger partial charge in [0.15, 0.2) is 0 Å². The van der Waals surface area contributed by atoms with Crippen LogP contribution in [0.5, 0.6) is 0 Å². The molecule has 0 atom stereocenters. The van der Waals surface area contributed by atoms with E-state index < -0.39 is 0 Å². The SMILES string of the molecule is Cc1nc(Sc2ccc(C(=N)N)cc2C)n[nH]1. The average Bonchev–Trinajstić information content (AvgIpc) is 2.67. The summed E-state index contributed by atoms with van der Waals surface area (Å²) in [7, 11) is 0. The van der Waals surface area contributed by atoms with Crippen molar-refractivity contribution in [3.8, 4) is 0 Å². The van der Waals surface area contributed by atoms with Crippen molar-refractivity contribution in [2.75, 3.05) is 0 Å². The Kier molecular flexibility index (Phi) is 3.14. The van der Waals surface area contributed by atoms with Crippen LogP contribution in [0.15, 0.2) is 28.3 Å². The summed E-state index contributed by atoms with van der Waals surface area (Å²) in [5, 5.41) is 14.9. The van der Waals surface area contributed by atoms with E-state index in [0.29, 0.717) is 5.16 Å². The van der Waals surface area contributed by atoms with Crippen LogP contribution in [0.4, 0.5) is 0 Å². The molecule has 0 saturated heterocycles. The van der Waals surface area contributed by atoms with E-state index in [0.717, 1.165) is 21.8 Å². The number of aromatic amines is 1.